The molecule has 1 fully saturated rings. The Hall–Kier alpha value is -1.09. The second-order valence-corrected chi connectivity index (χ2v) is 5.52. The van der Waals surface area contributed by atoms with Crippen LogP contribution in [-0.2, 0) is 11.3 Å². The van der Waals surface area contributed by atoms with Gasteiger partial charge in [-0.25, -0.2) is 4.39 Å². The summed E-state index contributed by atoms with van der Waals surface area (Å²) in [5.74, 6) is 1.12. The number of ether oxygens (including phenoxy) is 1. The minimum atomic E-state index is -0.338. The zero-order chi connectivity index (χ0) is 13.1. The summed E-state index contributed by atoms with van der Waals surface area (Å²) in [4.78, 5) is 0. The van der Waals surface area contributed by atoms with Crippen LogP contribution in [0.3, 0.4) is 0 Å². The number of nitrogens with two attached hydrogens (primary N) is 1. The molecular formula is C15H22FNO. The molecule has 0 bridgehead atoms. The van der Waals surface area contributed by atoms with Crippen molar-refractivity contribution < 1.29 is 9.13 Å². The second kappa shape index (κ2) is 5.70. The van der Waals surface area contributed by atoms with Gasteiger partial charge in [-0.05, 0) is 37.2 Å². The van der Waals surface area contributed by atoms with E-state index in [2.05, 4.69) is 13.8 Å². The molecule has 3 unspecified atom stereocenters. The van der Waals surface area contributed by atoms with E-state index in [9.17, 15) is 4.39 Å². The molecule has 1 aliphatic rings. The molecule has 3 atom stereocenters. The van der Waals surface area contributed by atoms with Crippen molar-refractivity contribution in [3.05, 3.63) is 29.6 Å². The molecular weight excluding hydrogens is 229 g/mol. The van der Waals surface area contributed by atoms with Crippen LogP contribution in [0.25, 0.3) is 0 Å². The lowest BCUT2D eigenvalue weighted by Gasteiger charge is -2.32. The van der Waals surface area contributed by atoms with Gasteiger partial charge in [0, 0.05) is 5.56 Å². The summed E-state index contributed by atoms with van der Waals surface area (Å²) in [6.07, 6.45) is 3.61. The lowest BCUT2D eigenvalue weighted by molar-refractivity contribution is -0.00842. The molecule has 100 valence electrons. The molecule has 0 aliphatic heterocycles. The van der Waals surface area contributed by atoms with Gasteiger partial charge in [-0.3, -0.25) is 0 Å². The van der Waals surface area contributed by atoms with Crippen molar-refractivity contribution in [3.63, 3.8) is 0 Å². The van der Waals surface area contributed by atoms with Crippen LogP contribution in [-0.4, -0.2) is 6.10 Å². The molecule has 18 heavy (non-hydrogen) atoms. The summed E-state index contributed by atoms with van der Waals surface area (Å²) in [5.41, 5.74) is 6.29. The summed E-state index contributed by atoms with van der Waals surface area (Å²) >= 11 is 0. The Bertz CT molecular complexity index is 407. The fraction of sp³-hybridized carbons (Fsp3) is 0.600. The van der Waals surface area contributed by atoms with E-state index in [0.717, 1.165) is 18.8 Å². The van der Waals surface area contributed by atoms with Gasteiger partial charge in [-0.1, -0.05) is 26.0 Å². The van der Waals surface area contributed by atoms with Crippen molar-refractivity contribution in [2.75, 3.05) is 5.73 Å². The van der Waals surface area contributed by atoms with Gasteiger partial charge in [0.1, 0.15) is 0 Å². The Kier molecular flexibility index (Phi) is 4.23. The van der Waals surface area contributed by atoms with Crippen LogP contribution in [0.2, 0.25) is 0 Å². The molecule has 0 aromatic heterocycles. The minimum absolute atomic E-state index is 0.196. The van der Waals surface area contributed by atoms with Gasteiger partial charge in [0.15, 0.2) is 5.82 Å². The normalized spacial score (nSPS) is 28.3. The maximum atomic E-state index is 13.7. The van der Waals surface area contributed by atoms with E-state index < -0.39 is 0 Å². The number of benzene rings is 1. The number of nitrogen functional groups attached to an aromatic ring is 1. The van der Waals surface area contributed by atoms with Crippen molar-refractivity contribution in [3.8, 4) is 0 Å². The van der Waals surface area contributed by atoms with Crippen molar-refractivity contribution in [2.45, 2.75) is 45.8 Å². The first-order chi connectivity index (χ1) is 8.58. The van der Waals surface area contributed by atoms with Crippen molar-refractivity contribution in [1.29, 1.82) is 0 Å². The SMILES string of the molecule is CC1CCC(OCc2cccc(N)c2F)CC1C. The Morgan fingerprint density at radius 3 is 2.78 bits per heavy atom. The topological polar surface area (TPSA) is 35.2 Å². The van der Waals surface area contributed by atoms with Gasteiger partial charge in [-0.2, -0.15) is 0 Å². The van der Waals surface area contributed by atoms with E-state index in [0.29, 0.717) is 18.1 Å². The molecule has 3 heteroatoms. The van der Waals surface area contributed by atoms with Crippen LogP contribution >= 0.6 is 0 Å². The molecule has 2 rings (SSSR count). The van der Waals surface area contributed by atoms with E-state index in [1.54, 1.807) is 18.2 Å². The summed E-state index contributed by atoms with van der Waals surface area (Å²) < 4.78 is 19.5. The zero-order valence-corrected chi connectivity index (χ0v) is 11.2. The van der Waals surface area contributed by atoms with Gasteiger partial charge in [0.25, 0.3) is 0 Å². The number of rotatable bonds is 3. The number of hydrogen-bond donors (Lipinski definition) is 1. The Morgan fingerprint density at radius 2 is 2.06 bits per heavy atom. The molecule has 2 N–H and O–H groups in total. The fourth-order valence-corrected chi connectivity index (χ4v) is 2.57. The number of halogens is 1. The van der Waals surface area contributed by atoms with E-state index in [1.807, 2.05) is 0 Å². The summed E-state index contributed by atoms with van der Waals surface area (Å²) in [6, 6.07) is 5.08. The minimum Gasteiger partial charge on any atom is -0.396 e. The number of anilines is 1. The molecule has 0 heterocycles. The van der Waals surface area contributed by atoms with Crippen LogP contribution in [0.15, 0.2) is 18.2 Å². The van der Waals surface area contributed by atoms with Crippen LogP contribution in [0.1, 0.15) is 38.7 Å². The van der Waals surface area contributed by atoms with E-state index >= 15 is 0 Å². The standard InChI is InChI=1S/C15H22FNO/c1-10-6-7-13(8-11(10)2)18-9-12-4-3-5-14(17)15(12)16/h3-5,10-11,13H,6-9,17H2,1-2H3. The first-order valence-electron chi connectivity index (χ1n) is 6.72. The molecule has 0 spiro atoms. The molecule has 1 saturated carbocycles. The Morgan fingerprint density at radius 1 is 1.28 bits per heavy atom. The Labute approximate surface area is 108 Å². The highest BCUT2D eigenvalue weighted by molar-refractivity contribution is 5.42. The van der Waals surface area contributed by atoms with Crippen LogP contribution in [0.5, 0.6) is 0 Å². The van der Waals surface area contributed by atoms with E-state index in [4.69, 9.17) is 10.5 Å². The monoisotopic (exact) mass is 251 g/mol. The van der Waals surface area contributed by atoms with Crippen LogP contribution in [0, 0.1) is 17.7 Å². The molecule has 1 aromatic carbocycles. The van der Waals surface area contributed by atoms with Gasteiger partial charge < -0.3 is 10.5 Å². The molecule has 0 radical (unpaired) electrons. The largest absolute Gasteiger partial charge is 0.396 e. The third kappa shape index (κ3) is 3.02. The first-order valence-corrected chi connectivity index (χ1v) is 6.72. The number of hydrogen-bond acceptors (Lipinski definition) is 2. The predicted molar refractivity (Wildman–Crippen MR) is 71.6 cm³/mol. The molecule has 2 nitrogen and oxygen atoms in total. The van der Waals surface area contributed by atoms with Crippen molar-refractivity contribution >= 4 is 5.69 Å². The summed E-state index contributed by atoms with van der Waals surface area (Å²) in [5, 5.41) is 0. The second-order valence-electron chi connectivity index (χ2n) is 5.52. The lowest BCUT2D eigenvalue weighted by atomic mass is 9.80. The maximum absolute atomic E-state index is 13.7. The third-order valence-electron chi connectivity index (χ3n) is 4.13. The highest BCUT2D eigenvalue weighted by Crippen LogP contribution is 2.31. The lowest BCUT2D eigenvalue weighted by Crippen LogP contribution is -2.26. The first kappa shape index (κ1) is 13.3. The quantitative estimate of drug-likeness (QED) is 0.830. The molecule has 0 amide bonds. The van der Waals surface area contributed by atoms with Gasteiger partial charge >= 0.3 is 0 Å². The van der Waals surface area contributed by atoms with Crippen molar-refractivity contribution in [1.82, 2.24) is 0 Å². The zero-order valence-electron chi connectivity index (χ0n) is 11.2. The maximum Gasteiger partial charge on any atom is 0.151 e. The third-order valence-corrected chi connectivity index (χ3v) is 4.13. The van der Waals surface area contributed by atoms with Gasteiger partial charge in [-0.15, -0.1) is 0 Å². The van der Waals surface area contributed by atoms with Crippen LogP contribution in [0.4, 0.5) is 10.1 Å². The highest BCUT2D eigenvalue weighted by Gasteiger charge is 2.25. The fourth-order valence-electron chi connectivity index (χ4n) is 2.57. The highest BCUT2D eigenvalue weighted by atomic mass is 19.1. The summed E-state index contributed by atoms with van der Waals surface area (Å²) in [6.45, 7) is 4.88. The van der Waals surface area contributed by atoms with Crippen molar-refractivity contribution in [2.24, 2.45) is 11.8 Å². The van der Waals surface area contributed by atoms with Gasteiger partial charge in [0.05, 0.1) is 18.4 Å². The average molecular weight is 251 g/mol. The Balaban J connectivity index is 1.90. The molecule has 1 aromatic rings. The average Bonchev–Trinajstić information content (AvgIpc) is 2.35. The summed E-state index contributed by atoms with van der Waals surface area (Å²) in [7, 11) is 0. The van der Waals surface area contributed by atoms with Crippen LogP contribution < -0.4 is 5.73 Å². The smallest absolute Gasteiger partial charge is 0.151 e. The van der Waals surface area contributed by atoms with Gasteiger partial charge in [0.2, 0.25) is 0 Å². The molecule has 1 aliphatic carbocycles. The molecule has 0 saturated heterocycles. The van der Waals surface area contributed by atoms with E-state index in [-0.39, 0.29) is 17.6 Å². The van der Waals surface area contributed by atoms with E-state index in [1.165, 1.54) is 6.42 Å². The predicted octanol–water partition coefficient (Wildman–Crippen LogP) is 3.75.